The lowest BCUT2D eigenvalue weighted by molar-refractivity contribution is -0.116. The number of anilines is 1. The molecule has 2 aromatic rings. The number of ether oxygens (including phenoxy) is 1. The normalized spacial score (nSPS) is 12.0. The van der Waals surface area contributed by atoms with E-state index in [4.69, 9.17) is 4.74 Å². The van der Waals surface area contributed by atoms with Crippen molar-refractivity contribution in [2.45, 2.75) is 33.2 Å². The predicted molar refractivity (Wildman–Crippen MR) is 82.7 cm³/mol. The Labute approximate surface area is 124 Å². The van der Waals surface area contributed by atoms with Gasteiger partial charge in [-0.15, -0.1) is 0 Å². The van der Waals surface area contributed by atoms with Gasteiger partial charge in [-0.1, -0.05) is 0 Å². The molecule has 1 heterocycles. The third-order valence-electron chi connectivity index (χ3n) is 3.32. The fourth-order valence-electron chi connectivity index (χ4n) is 2.33. The number of nitrogens with one attached hydrogen (secondary N) is 1. The molecule has 5 heteroatoms. The number of methoxy groups -OCH3 is 1. The first kappa shape index (κ1) is 15.1. The molecule has 0 saturated heterocycles. The number of carbonyl (C=O) groups is 1. The quantitative estimate of drug-likeness (QED) is 0.919. The first-order valence-electron chi connectivity index (χ1n) is 6.96. The lowest BCUT2D eigenvalue weighted by atomic mass is 10.2. The number of nitrogens with zero attached hydrogens (tertiary/aromatic N) is 2. The molecule has 0 fully saturated rings. The van der Waals surface area contributed by atoms with Crippen LogP contribution in [0.15, 0.2) is 30.3 Å². The molecule has 1 N–H and O–H groups in total. The molecule has 1 atom stereocenters. The van der Waals surface area contributed by atoms with Gasteiger partial charge in [-0.3, -0.25) is 9.48 Å². The standard InChI is InChI=1S/C16H21N3O2/c1-11-9-12(2)19(18-11)13(3)10-16(20)17-14-5-7-15(21-4)8-6-14/h5-9,13H,10H2,1-4H3,(H,17,20)/t13-/m1/s1. The van der Waals surface area contributed by atoms with Crippen LogP contribution in [0, 0.1) is 13.8 Å². The predicted octanol–water partition coefficient (Wildman–Crippen LogP) is 3.10. The number of hydrogen-bond donors (Lipinski definition) is 1. The van der Waals surface area contributed by atoms with Gasteiger partial charge in [-0.25, -0.2) is 0 Å². The Kier molecular flexibility index (Phi) is 4.62. The van der Waals surface area contributed by atoms with E-state index in [0.29, 0.717) is 6.42 Å². The largest absolute Gasteiger partial charge is 0.497 e. The smallest absolute Gasteiger partial charge is 0.226 e. The molecule has 112 valence electrons. The average Bonchev–Trinajstić information content (AvgIpc) is 2.78. The summed E-state index contributed by atoms with van der Waals surface area (Å²) in [4.78, 5) is 12.1. The molecule has 21 heavy (non-hydrogen) atoms. The molecule has 0 unspecified atom stereocenters. The Bertz CT molecular complexity index is 617. The van der Waals surface area contributed by atoms with Crippen LogP contribution in [-0.2, 0) is 4.79 Å². The van der Waals surface area contributed by atoms with Crippen molar-refractivity contribution in [3.05, 3.63) is 41.7 Å². The molecule has 0 aliphatic carbocycles. The third kappa shape index (κ3) is 3.84. The molecule has 1 aromatic carbocycles. The van der Waals surface area contributed by atoms with Gasteiger partial charge in [0, 0.05) is 17.8 Å². The number of aromatic nitrogens is 2. The minimum atomic E-state index is -0.0276. The van der Waals surface area contributed by atoms with Gasteiger partial charge in [0.1, 0.15) is 5.75 Å². The summed E-state index contributed by atoms with van der Waals surface area (Å²) in [6.45, 7) is 5.94. The number of carbonyl (C=O) groups excluding carboxylic acids is 1. The first-order chi connectivity index (χ1) is 9.99. The monoisotopic (exact) mass is 287 g/mol. The Balaban J connectivity index is 1.96. The van der Waals surface area contributed by atoms with Crippen LogP contribution in [0.25, 0.3) is 0 Å². The number of amides is 1. The molecular formula is C16H21N3O2. The van der Waals surface area contributed by atoms with Crippen LogP contribution in [0.3, 0.4) is 0 Å². The minimum absolute atomic E-state index is 0.0250. The maximum Gasteiger partial charge on any atom is 0.226 e. The topological polar surface area (TPSA) is 56.1 Å². The SMILES string of the molecule is COc1ccc(NC(=O)C[C@@H](C)n2nc(C)cc2C)cc1. The lowest BCUT2D eigenvalue weighted by Gasteiger charge is -2.14. The van der Waals surface area contributed by atoms with E-state index >= 15 is 0 Å². The second-order valence-corrected chi connectivity index (χ2v) is 5.20. The summed E-state index contributed by atoms with van der Waals surface area (Å²) in [7, 11) is 1.61. The van der Waals surface area contributed by atoms with Crippen molar-refractivity contribution >= 4 is 11.6 Å². The van der Waals surface area contributed by atoms with Gasteiger partial charge >= 0.3 is 0 Å². The highest BCUT2D eigenvalue weighted by Gasteiger charge is 2.14. The second-order valence-electron chi connectivity index (χ2n) is 5.20. The van der Waals surface area contributed by atoms with Crippen LogP contribution in [0.2, 0.25) is 0 Å². The van der Waals surface area contributed by atoms with Crippen LogP contribution in [0.4, 0.5) is 5.69 Å². The average molecular weight is 287 g/mol. The van der Waals surface area contributed by atoms with Gasteiger partial charge < -0.3 is 10.1 Å². The summed E-state index contributed by atoms with van der Waals surface area (Å²) < 4.78 is 6.98. The van der Waals surface area contributed by atoms with Crippen LogP contribution >= 0.6 is 0 Å². The fraction of sp³-hybridized carbons (Fsp3) is 0.375. The van der Waals surface area contributed by atoms with Crippen molar-refractivity contribution in [1.82, 2.24) is 9.78 Å². The van der Waals surface area contributed by atoms with E-state index in [1.807, 2.05) is 55.8 Å². The summed E-state index contributed by atoms with van der Waals surface area (Å²) in [5.74, 6) is 0.740. The van der Waals surface area contributed by atoms with Crippen molar-refractivity contribution in [3.63, 3.8) is 0 Å². The number of benzene rings is 1. The van der Waals surface area contributed by atoms with Gasteiger partial charge in [0.2, 0.25) is 5.91 Å². The summed E-state index contributed by atoms with van der Waals surface area (Å²) in [5.41, 5.74) is 2.80. The number of hydrogen-bond acceptors (Lipinski definition) is 3. The second kappa shape index (κ2) is 6.43. The van der Waals surface area contributed by atoms with Crippen molar-refractivity contribution in [2.24, 2.45) is 0 Å². The van der Waals surface area contributed by atoms with E-state index in [0.717, 1.165) is 22.8 Å². The molecule has 0 spiro atoms. The fourth-order valence-corrected chi connectivity index (χ4v) is 2.33. The van der Waals surface area contributed by atoms with E-state index in [-0.39, 0.29) is 11.9 Å². The van der Waals surface area contributed by atoms with E-state index in [1.54, 1.807) is 7.11 Å². The molecule has 2 rings (SSSR count). The molecule has 0 radical (unpaired) electrons. The highest BCUT2D eigenvalue weighted by Crippen LogP contribution is 2.18. The van der Waals surface area contributed by atoms with E-state index < -0.39 is 0 Å². The molecular weight excluding hydrogens is 266 g/mol. The number of rotatable bonds is 5. The van der Waals surface area contributed by atoms with Gasteiger partial charge in [0.15, 0.2) is 0 Å². The highest BCUT2D eigenvalue weighted by atomic mass is 16.5. The molecule has 0 aliphatic heterocycles. The van der Waals surface area contributed by atoms with E-state index in [9.17, 15) is 4.79 Å². The molecule has 1 amide bonds. The van der Waals surface area contributed by atoms with Crippen molar-refractivity contribution in [3.8, 4) is 5.75 Å². The molecule has 1 aromatic heterocycles. The Morgan fingerprint density at radius 2 is 2.00 bits per heavy atom. The van der Waals surface area contributed by atoms with Crippen molar-refractivity contribution < 1.29 is 9.53 Å². The van der Waals surface area contributed by atoms with Crippen molar-refractivity contribution in [2.75, 3.05) is 12.4 Å². The Morgan fingerprint density at radius 1 is 1.33 bits per heavy atom. The lowest BCUT2D eigenvalue weighted by Crippen LogP contribution is -2.19. The van der Waals surface area contributed by atoms with Crippen LogP contribution < -0.4 is 10.1 Å². The summed E-state index contributed by atoms with van der Waals surface area (Å²) >= 11 is 0. The van der Waals surface area contributed by atoms with Crippen LogP contribution in [-0.4, -0.2) is 22.8 Å². The summed E-state index contributed by atoms with van der Waals surface area (Å²) in [6, 6.07) is 9.32. The maximum atomic E-state index is 12.1. The summed E-state index contributed by atoms with van der Waals surface area (Å²) in [6.07, 6.45) is 0.383. The van der Waals surface area contributed by atoms with Gasteiger partial charge in [0.05, 0.1) is 18.8 Å². The number of aryl methyl sites for hydroxylation is 2. The molecule has 0 bridgehead atoms. The highest BCUT2D eigenvalue weighted by molar-refractivity contribution is 5.90. The first-order valence-corrected chi connectivity index (χ1v) is 6.96. The van der Waals surface area contributed by atoms with Gasteiger partial charge in [0.25, 0.3) is 0 Å². The molecule has 0 aliphatic rings. The van der Waals surface area contributed by atoms with Crippen LogP contribution in [0.1, 0.15) is 30.8 Å². The van der Waals surface area contributed by atoms with E-state index in [1.165, 1.54) is 0 Å². The van der Waals surface area contributed by atoms with Gasteiger partial charge in [-0.05, 0) is 51.1 Å². The Morgan fingerprint density at radius 3 is 2.52 bits per heavy atom. The zero-order valence-corrected chi connectivity index (χ0v) is 12.9. The third-order valence-corrected chi connectivity index (χ3v) is 3.32. The van der Waals surface area contributed by atoms with Crippen LogP contribution in [0.5, 0.6) is 5.75 Å². The Hall–Kier alpha value is -2.30. The van der Waals surface area contributed by atoms with Gasteiger partial charge in [-0.2, -0.15) is 5.10 Å². The minimum Gasteiger partial charge on any atom is -0.497 e. The molecule has 0 saturated carbocycles. The zero-order valence-electron chi connectivity index (χ0n) is 12.9. The van der Waals surface area contributed by atoms with E-state index in [2.05, 4.69) is 10.4 Å². The maximum absolute atomic E-state index is 12.1. The zero-order chi connectivity index (χ0) is 15.4. The summed E-state index contributed by atoms with van der Waals surface area (Å²) in [5, 5.41) is 7.30. The van der Waals surface area contributed by atoms with Crippen molar-refractivity contribution in [1.29, 1.82) is 0 Å². The molecule has 5 nitrogen and oxygen atoms in total.